The van der Waals surface area contributed by atoms with Crippen molar-refractivity contribution in [2.45, 2.75) is 13.0 Å². The average molecular weight is 322 g/mol. The van der Waals surface area contributed by atoms with Gasteiger partial charge in [-0.05, 0) is 31.2 Å². The van der Waals surface area contributed by atoms with E-state index < -0.39 is 28.6 Å². The van der Waals surface area contributed by atoms with Gasteiger partial charge in [0.25, 0.3) is 11.6 Å². The molecule has 120 valence electrons. The predicted molar refractivity (Wildman–Crippen MR) is 78.2 cm³/mol. The number of carbonyl (C=O) groups excluding carboxylic acids is 1. The van der Waals surface area contributed by atoms with E-state index in [0.29, 0.717) is 0 Å². The molecule has 1 amide bonds. The number of rotatable bonds is 5. The zero-order valence-corrected chi connectivity index (χ0v) is 12.0. The number of carbonyl (C=O) groups is 1. The summed E-state index contributed by atoms with van der Waals surface area (Å²) in [7, 11) is 0. The van der Waals surface area contributed by atoms with Crippen molar-refractivity contribution >= 4 is 17.3 Å². The maximum Gasteiger partial charge on any atom is 0.269 e. The summed E-state index contributed by atoms with van der Waals surface area (Å²) < 4.78 is 31.2. The standard InChI is InChI=1S/C15H12F2N2O4/c1-9(23-12-5-3-11(4-6-12)19(21)22)15(20)18-10-2-7-13(16)14(17)8-10/h2-9H,1H3,(H,18,20). The fourth-order valence-corrected chi connectivity index (χ4v) is 1.72. The zero-order chi connectivity index (χ0) is 17.0. The highest BCUT2D eigenvalue weighted by Crippen LogP contribution is 2.19. The Labute approximate surface area is 129 Å². The minimum atomic E-state index is -1.08. The third kappa shape index (κ3) is 4.22. The van der Waals surface area contributed by atoms with Gasteiger partial charge < -0.3 is 10.1 Å². The Kier molecular flexibility index (Phi) is 4.85. The van der Waals surface area contributed by atoms with Crippen LogP contribution in [0.4, 0.5) is 20.2 Å². The van der Waals surface area contributed by atoms with E-state index in [2.05, 4.69) is 5.32 Å². The second-order valence-electron chi connectivity index (χ2n) is 4.63. The van der Waals surface area contributed by atoms with E-state index in [1.807, 2.05) is 0 Å². The lowest BCUT2D eigenvalue weighted by Gasteiger charge is -2.14. The van der Waals surface area contributed by atoms with E-state index in [4.69, 9.17) is 4.74 Å². The molecule has 0 saturated heterocycles. The Bertz CT molecular complexity index is 735. The predicted octanol–water partition coefficient (Wildman–Crippen LogP) is 3.28. The van der Waals surface area contributed by atoms with Crippen LogP contribution in [0, 0.1) is 21.7 Å². The Morgan fingerprint density at radius 2 is 1.83 bits per heavy atom. The van der Waals surface area contributed by atoms with Crippen LogP contribution < -0.4 is 10.1 Å². The van der Waals surface area contributed by atoms with Crippen LogP contribution in [0.5, 0.6) is 5.75 Å². The first-order valence-electron chi connectivity index (χ1n) is 6.54. The highest BCUT2D eigenvalue weighted by Gasteiger charge is 2.16. The number of nitrogens with zero attached hydrogens (tertiary/aromatic N) is 1. The van der Waals surface area contributed by atoms with Gasteiger partial charge in [0.2, 0.25) is 0 Å². The zero-order valence-electron chi connectivity index (χ0n) is 12.0. The lowest BCUT2D eigenvalue weighted by molar-refractivity contribution is -0.384. The fourth-order valence-electron chi connectivity index (χ4n) is 1.72. The minimum Gasteiger partial charge on any atom is -0.481 e. The first kappa shape index (κ1) is 16.3. The van der Waals surface area contributed by atoms with Crippen LogP contribution in [0.3, 0.4) is 0 Å². The molecule has 6 nitrogen and oxygen atoms in total. The third-order valence-corrected chi connectivity index (χ3v) is 2.92. The van der Waals surface area contributed by atoms with E-state index in [9.17, 15) is 23.7 Å². The van der Waals surface area contributed by atoms with Crippen LogP contribution in [-0.2, 0) is 4.79 Å². The Morgan fingerprint density at radius 3 is 2.39 bits per heavy atom. The summed E-state index contributed by atoms with van der Waals surface area (Å²) in [5.74, 6) is -2.40. The number of hydrogen-bond acceptors (Lipinski definition) is 4. The smallest absolute Gasteiger partial charge is 0.269 e. The lowest BCUT2D eigenvalue weighted by atomic mass is 10.2. The molecule has 1 N–H and O–H groups in total. The number of amides is 1. The molecule has 0 aliphatic carbocycles. The van der Waals surface area contributed by atoms with Crippen molar-refractivity contribution in [2.75, 3.05) is 5.32 Å². The van der Waals surface area contributed by atoms with Crippen LogP contribution in [0.15, 0.2) is 42.5 Å². The van der Waals surface area contributed by atoms with Crippen molar-refractivity contribution in [1.29, 1.82) is 0 Å². The molecule has 0 heterocycles. The fraction of sp³-hybridized carbons (Fsp3) is 0.133. The second-order valence-corrected chi connectivity index (χ2v) is 4.63. The maximum atomic E-state index is 13.1. The average Bonchev–Trinajstić information content (AvgIpc) is 2.51. The monoisotopic (exact) mass is 322 g/mol. The van der Waals surface area contributed by atoms with Gasteiger partial charge in [0.1, 0.15) is 5.75 Å². The first-order chi connectivity index (χ1) is 10.9. The van der Waals surface area contributed by atoms with Crippen LogP contribution in [0.2, 0.25) is 0 Å². The molecule has 2 aromatic rings. The summed E-state index contributed by atoms with van der Waals surface area (Å²) >= 11 is 0. The SMILES string of the molecule is CC(Oc1ccc([N+](=O)[O-])cc1)C(=O)Nc1ccc(F)c(F)c1. The largest absolute Gasteiger partial charge is 0.481 e. The Hall–Kier alpha value is -3.03. The number of ether oxygens (including phenoxy) is 1. The van der Waals surface area contributed by atoms with Crippen LogP contribution in [-0.4, -0.2) is 16.9 Å². The number of nitrogens with one attached hydrogen (secondary N) is 1. The Balaban J connectivity index is 1.99. The van der Waals surface area contributed by atoms with Crippen molar-refractivity contribution in [1.82, 2.24) is 0 Å². The Morgan fingerprint density at radius 1 is 1.17 bits per heavy atom. The lowest BCUT2D eigenvalue weighted by Crippen LogP contribution is -2.30. The van der Waals surface area contributed by atoms with Gasteiger partial charge in [-0.1, -0.05) is 0 Å². The van der Waals surface area contributed by atoms with E-state index in [-0.39, 0.29) is 17.1 Å². The second kappa shape index (κ2) is 6.82. The minimum absolute atomic E-state index is 0.0908. The number of halogens is 2. The molecule has 0 aromatic heterocycles. The summed E-state index contributed by atoms with van der Waals surface area (Å²) in [6.07, 6.45) is -0.940. The summed E-state index contributed by atoms with van der Waals surface area (Å²) in [4.78, 5) is 21.9. The number of anilines is 1. The first-order valence-corrected chi connectivity index (χ1v) is 6.54. The molecule has 0 bridgehead atoms. The molecule has 1 unspecified atom stereocenters. The van der Waals surface area contributed by atoms with Crippen LogP contribution >= 0.6 is 0 Å². The summed E-state index contributed by atoms with van der Waals surface area (Å²) in [6.45, 7) is 1.45. The highest BCUT2D eigenvalue weighted by molar-refractivity contribution is 5.94. The molecule has 0 fully saturated rings. The molecule has 0 saturated carbocycles. The van der Waals surface area contributed by atoms with E-state index in [1.165, 1.54) is 37.3 Å². The van der Waals surface area contributed by atoms with Crippen molar-refractivity contribution in [3.63, 3.8) is 0 Å². The summed E-state index contributed by atoms with van der Waals surface area (Å²) in [5, 5.41) is 12.9. The number of nitro benzene ring substituents is 1. The molecule has 0 spiro atoms. The third-order valence-electron chi connectivity index (χ3n) is 2.92. The van der Waals surface area contributed by atoms with E-state index in [1.54, 1.807) is 0 Å². The maximum absolute atomic E-state index is 13.1. The molecule has 1 atom stereocenters. The summed E-state index contributed by atoms with van der Waals surface area (Å²) in [6, 6.07) is 8.18. The molecule has 0 aliphatic rings. The molecule has 2 rings (SSSR count). The number of hydrogen-bond donors (Lipinski definition) is 1. The molecule has 0 radical (unpaired) electrons. The van der Waals surface area contributed by atoms with Gasteiger partial charge in [-0.2, -0.15) is 0 Å². The quantitative estimate of drug-likeness (QED) is 0.676. The van der Waals surface area contributed by atoms with Crippen molar-refractivity contribution < 1.29 is 23.2 Å². The van der Waals surface area contributed by atoms with Gasteiger partial charge in [0.05, 0.1) is 4.92 Å². The summed E-state index contributed by atoms with van der Waals surface area (Å²) in [5.41, 5.74) is -0.00992. The van der Waals surface area contributed by atoms with Crippen molar-refractivity contribution in [2.24, 2.45) is 0 Å². The molecular weight excluding hydrogens is 310 g/mol. The molecular formula is C15H12F2N2O4. The van der Waals surface area contributed by atoms with Crippen molar-refractivity contribution in [3.8, 4) is 5.75 Å². The van der Waals surface area contributed by atoms with Gasteiger partial charge >= 0.3 is 0 Å². The normalized spacial score (nSPS) is 11.6. The van der Waals surface area contributed by atoms with Crippen LogP contribution in [0.1, 0.15) is 6.92 Å². The van der Waals surface area contributed by atoms with Gasteiger partial charge in [-0.3, -0.25) is 14.9 Å². The molecule has 2 aromatic carbocycles. The molecule has 0 aliphatic heterocycles. The van der Waals surface area contributed by atoms with Gasteiger partial charge in [0.15, 0.2) is 17.7 Å². The van der Waals surface area contributed by atoms with Gasteiger partial charge in [-0.25, -0.2) is 8.78 Å². The van der Waals surface area contributed by atoms with E-state index in [0.717, 1.165) is 12.1 Å². The van der Waals surface area contributed by atoms with Crippen LogP contribution in [0.25, 0.3) is 0 Å². The van der Waals surface area contributed by atoms with Gasteiger partial charge in [0, 0.05) is 23.9 Å². The number of non-ortho nitro benzene ring substituents is 1. The molecule has 23 heavy (non-hydrogen) atoms. The molecule has 8 heteroatoms. The number of nitro groups is 1. The topological polar surface area (TPSA) is 81.5 Å². The van der Waals surface area contributed by atoms with Crippen molar-refractivity contribution in [3.05, 3.63) is 64.2 Å². The van der Waals surface area contributed by atoms with E-state index >= 15 is 0 Å². The highest BCUT2D eigenvalue weighted by atomic mass is 19.2. The number of benzene rings is 2. The van der Waals surface area contributed by atoms with Gasteiger partial charge in [-0.15, -0.1) is 0 Å².